The van der Waals surface area contributed by atoms with Gasteiger partial charge in [0.2, 0.25) is 0 Å². The number of rotatable bonds is 4. The van der Waals surface area contributed by atoms with E-state index in [-0.39, 0.29) is 24.2 Å². The Hall–Kier alpha value is -1.89. The predicted molar refractivity (Wildman–Crippen MR) is 104 cm³/mol. The second kappa shape index (κ2) is 8.99. The lowest BCUT2D eigenvalue weighted by Crippen LogP contribution is -2.47. The van der Waals surface area contributed by atoms with Gasteiger partial charge in [-0.2, -0.15) is 0 Å². The van der Waals surface area contributed by atoms with Crippen molar-refractivity contribution in [1.82, 2.24) is 10.2 Å². The van der Waals surface area contributed by atoms with Crippen LogP contribution < -0.4 is 10.6 Å². The molecular weight excluding hydrogens is 358 g/mol. The zero-order valence-electron chi connectivity index (χ0n) is 14.0. The molecule has 0 bridgehead atoms. The van der Waals surface area contributed by atoms with E-state index in [0.29, 0.717) is 28.7 Å². The first-order valence-corrected chi connectivity index (χ1v) is 8.97. The molecule has 1 saturated heterocycles. The predicted octanol–water partition coefficient (Wildman–Crippen LogP) is 3.25. The van der Waals surface area contributed by atoms with Gasteiger partial charge in [-0.05, 0) is 43.5 Å². The van der Waals surface area contributed by atoms with Crippen LogP contribution in [0.3, 0.4) is 0 Å². The number of nitrogens with zero attached hydrogens (tertiary/aromatic N) is 1. The summed E-state index contributed by atoms with van der Waals surface area (Å²) < 4.78 is 0. The molecule has 1 atom stereocenters. The minimum atomic E-state index is -0.183. The van der Waals surface area contributed by atoms with Crippen LogP contribution in [-0.2, 0) is 0 Å². The van der Waals surface area contributed by atoms with Crippen LogP contribution in [0, 0.1) is 0 Å². The van der Waals surface area contributed by atoms with Crippen molar-refractivity contribution in [1.29, 1.82) is 0 Å². The highest BCUT2D eigenvalue weighted by Crippen LogP contribution is 2.21. The molecule has 5 nitrogen and oxygen atoms in total. The van der Waals surface area contributed by atoms with Crippen molar-refractivity contribution in [3.63, 3.8) is 0 Å². The Balaban J connectivity index is 0.00000225. The highest BCUT2D eigenvalue weighted by molar-refractivity contribution is 7.12. The maximum absolute atomic E-state index is 12.9. The molecule has 134 valence electrons. The van der Waals surface area contributed by atoms with E-state index >= 15 is 0 Å². The normalized spacial score (nSPS) is 16.8. The van der Waals surface area contributed by atoms with Crippen molar-refractivity contribution in [3.8, 4) is 0 Å². The van der Waals surface area contributed by atoms with Gasteiger partial charge in [0.15, 0.2) is 0 Å². The quantitative estimate of drug-likeness (QED) is 0.857. The smallest absolute Gasteiger partial charge is 0.265 e. The third-order valence-corrected chi connectivity index (χ3v) is 5.14. The van der Waals surface area contributed by atoms with Gasteiger partial charge in [0, 0.05) is 19.1 Å². The standard InChI is InChI=1S/C18H21N3O2S.ClH/c1-19-13-6-4-10-21(12-13)18(23)14-7-2-3-8-15(14)20-17(22)16-9-5-11-24-16;/h2-3,5,7-9,11,13,19H,4,6,10,12H2,1H3,(H,20,22);1H. The molecule has 2 amide bonds. The first-order valence-electron chi connectivity index (χ1n) is 8.09. The fourth-order valence-corrected chi connectivity index (χ4v) is 3.56. The molecule has 1 aliphatic rings. The minimum Gasteiger partial charge on any atom is -0.337 e. The lowest BCUT2D eigenvalue weighted by molar-refractivity contribution is 0.0699. The molecule has 0 radical (unpaired) electrons. The largest absolute Gasteiger partial charge is 0.337 e. The summed E-state index contributed by atoms with van der Waals surface area (Å²) in [6.45, 7) is 1.45. The van der Waals surface area contributed by atoms with Gasteiger partial charge in [0.25, 0.3) is 11.8 Å². The zero-order valence-corrected chi connectivity index (χ0v) is 15.7. The summed E-state index contributed by atoms with van der Waals surface area (Å²) in [7, 11) is 1.92. The molecule has 0 aliphatic carbocycles. The van der Waals surface area contributed by atoms with E-state index in [1.54, 1.807) is 18.2 Å². The molecule has 7 heteroatoms. The molecule has 25 heavy (non-hydrogen) atoms. The van der Waals surface area contributed by atoms with E-state index in [0.717, 1.165) is 19.4 Å². The number of halogens is 1. The molecule has 3 rings (SSSR count). The van der Waals surface area contributed by atoms with E-state index in [4.69, 9.17) is 0 Å². The van der Waals surface area contributed by atoms with Gasteiger partial charge in [-0.3, -0.25) is 9.59 Å². The zero-order chi connectivity index (χ0) is 16.9. The number of piperidine rings is 1. The minimum absolute atomic E-state index is 0. The molecule has 1 unspecified atom stereocenters. The average molecular weight is 380 g/mol. The number of thiophene rings is 1. The van der Waals surface area contributed by atoms with Crippen LogP contribution in [0.25, 0.3) is 0 Å². The fraction of sp³-hybridized carbons (Fsp3) is 0.333. The molecule has 2 aromatic rings. The summed E-state index contributed by atoms with van der Waals surface area (Å²) >= 11 is 1.38. The van der Waals surface area contributed by atoms with Crippen LogP contribution in [-0.4, -0.2) is 42.9 Å². The van der Waals surface area contributed by atoms with Gasteiger partial charge in [-0.1, -0.05) is 18.2 Å². The summed E-state index contributed by atoms with van der Waals surface area (Å²) in [5, 5.41) is 7.97. The number of benzene rings is 1. The van der Waals surface area contributed by atoms with Gasteiger partial charge in [0.1, 0.15) is 0 Å². The van der Waals surface area contributed by atoms with Gasteiger partial charge >= 0.3 is 0 Å². The van der Waals surface area contributed by atoms with E-state index in [1.165, 1.54) is 11.3 Å². The van der Waals surface area contributed by atoms with Gasteiger partial charge < -0.3 is 15.5 Å². The Morgan fingerprint density at radius 2 is 2.00 bits per heavy atom. The van der Waals surface area contributed by atoms with Crippen LogP contribution >= 0.6 is 23.7 Å². The number of nitrogens with one attached hydrogen (secondary N) is 2. The first kappa shape index (κ1) is 19.4. The Morgan fingerprint density at radius 1 is 1.20 bits per heavy atom. The Kier molecular flexibility index (Phi) is 6.99. The molecule has 1 aromatic heterocycles. The van der Waals surface area contributed by atoms with Gasteiger partial charge in [-0.25, -0.2) is 0 Å². The summed E-state index contributed by atoms with van der Waals surface area (Å²) in [4.78, 5) is 27.7. The SMILES string of the molecule is CNC1CCCN(C(=O)c2ccccc2NC(=O)c2cccs2)C1.Cl. The monoisotopic (exact) mass is 379 g/mol. The number of hydrogen-bond donors (Lipinski definition) is 2. The number of hydrogen-bond acceptors (Lipinski definition) is 4. The van der Waals surface area contributed by atoms with Crippen molar-refractivity contribution in [2.24, 2.45) is 0 Å². The van der Waals surface area contributed by atoms with E-state index in [9.17, 15) is 9.59 Å². The van der Waals surface area contributed by atoms with Crippen LogP contribution in [0.5, 0.6) is 0 Å². The number of amides is 2. The van der Waals surface area contributed by atoms with Gasteiger partial charge in [0.05, 0.1) is 16.1 Å². The highest BCUT2D eigenvalue weighted by atomic mass is 35.5. The van der Waals surface area contributed by atoms with Crippen molar-refractivity contribution in [3.05, 3.63) is 52.2 Å². The summed E-state index contributed by atoms with van der Waals surface area (Å²) in [5.74, 6) is -0.214. The third kappa shape index (κ3) is 4.60. The maximum atomic E-state index is 12.9. The van der Waals surface area contributed by atoms with Crippen molar-refractivity contribution in [2.75, 3.05) is 25.5 Å². The lowest BCUT2D eigenvalue weighted by atomic mass is 10.0. The molecule has 1 aliphatic heterocycles. The first-order chi connectivity index (χ1) is 11.7. The lowest BCUT2D eigenvalue weighted by Gasteiger charge is -2.33. The number of likely N-dealkylation sites (N-methyl/N-ethyl adjacent to an activating group) is 1. The highest BCUT2D eigenvalue weighted by Gasteiger charge is 2.25. The molecule has 1 aromatic carbocycles. The molecular formula is C18H22ClN3O2S. The van der Waals surface area contributed by atoms with Crippen LogP contribution in [0.15, 0.2) is 41.8 Å². The summed E-state index contributed by atoms with van der Waals surface area (Å²) in [6.07, 6.45) is 2.07. The number of carbonyl (C=O) groups excluding carboxylic acids is 2. The molecule has 1 fully saturated rings. The van der Waals surface area contributed by atoms with Crippen molar-refractivity contribution in [2.45, 2.75) is 18.9 Å². The Labute approximate surface area is 157 Å². The van der Waals surface area contributed by atoms with Crippen LogP contribution in [0.2, 0.25) is 0 Å². The molecule has 0 spiro atoms. The molecule has 2 heterocycles. The van der Waals surface area contributed by atoms with Crippen LogP contribution in [0.4, 0.5) is 5.69 Å². The fourth-order valence-electron chi connectivity index (χ4n) is 2.94. The second-order valence-electron chi connectivity index (χ2n) is 5.86. The average Bonchev–Trinajstić information content (AvgIpc) is 3.16. The van der Waals surface area contributed by atoms with Crippen molar-refractivity contribution >= 4 is 41.2 Å². The Morgan fingerprint density at radius 3 is 2.72 bits per heavy atom. The second-order valence-corrected chi connectivity index (χ2v) is 6.80. The summed E-state index contributed by atoms with van der Waals surface area (Å²) in [5.41, 5.74) is 1.10. The maximum Gasteiger partial charge on any atom is 0.265 e. The number of para-hydroxylation sites is 1. The topological polar surface area (TPSA) is 61.4 Å². The Bertz CT molecular complexity index is 721. The van der Waals surface area contributed by atoms with E-state index in [2.05, 4.69) is 10.6 Å². The van der Waals surface area contributed by atoms with E-state index in [1.807, 2.05) is 35.5 Å². The van der Waals surface area contributed by atoms with Gasteiger partial charge in [-0.15, -0.1) is 23.7 Å². The molecule has 0 saturated carbocycles. The van der Waals surface area contributed by atoms with E-state index < -0.39 is 0 Å². The van der Waals surface area contributed by atoms with Crippen molar-refractivity contribution < 1.29 is 9.59 Å². The number of anilines is 1. The third-order valence-electron chi connectivity index (χ3n) is 4.27. The van der Waals surface area contributed by atoms with Crippen LogP contribution in [0.1, 0.15) is 32.9 Å². The molecule has 2 N–H and O–H groups in total. The number of carbonyl (C=O) groups is 2. The summed E-state index contributed by atoms with van der Waals surface area (Å²) in [6, 6.07) is 11.1. The number of likely N-dealkylation sites (tertiary alicyclic amines) is 1.